The molecule has 0 aliphatic heterocycles. The van der Waals surface area contributed by atoms with Gasteiger partial charge in [0, 0.05) is 6.54 Å². The van der Waals surface area contributed by atoms with E-state index in [0.717, 1.165) is 17.7 Å². The standard InChI is InChI=1S/C19H17F4NO4/c20-17(21)27-15-9-8-13(11-16(15)28-18(22)23)7-4-10-24-19(25)26-12-14-5-2-1-3-6-14/h1-9,11,17-18H,10,12H2,(H,24,25). The Labute approximate surface area is 158 Å². The fraction of sp³-hybridized carbons (Fsp3) is 0.211. The Balaban J connectivity index is 1.86. The first-order valence-electron chi connectivity index (χ1n) is 8.09. The van der Waals surface area contributed by atoms with Crippen molar-refractivity contribution in [1.82, 2.24) is 5.32 Å². The van der Waals surface area contributed by atoms with Crippen LogP contribution in [0, 0.1) is 0 Å². The lowest BCUT2D eigenvalue weighted by atomic mass is 10.2. The van der Waals surface area contributed by atoms with E-state index >= 15 is 0 Å². The van der Waals surface area contributed by atoms with Crippen LogP contribution in [-0.2, 0) is 11.3 Å². The van der Waals surface area contributed by atoms with Crippen molar-refractivity contribution in [3.8, 4) is 11.5 Å². The zero-order valence-corrected chi connectivity index (χ0v) is 14.5. The molecule has 0 radical (unpaired) electrons. The highest BCUT2D eigenvalue weighted by Gasteiger charge is 2.14. The molecule has 0 bridgehead atoms. The van der Waals surface area contributed by atoms with Crippen LogP contribution >= 0.6 is 0 Å². The molecule has 0 unspecified atom stereocenters. The summed E-state index contributed by atoms with van der Waals surface area (Å²) in [5.41, 5.74) is 1.22. The Hall–Kier alpha value is -3.23. The van der Waals surface area contributed by atoms with Gasteiger partial charge in [-0.2, -0.15) is 17.6 Å². The average molecular weight is 399 g/mol. The molecule has 150 valence electrons. The summed E-state index contributed by atoms with van der Waals surface area (Å²) in [5.74, 6) is -1.03. The largest absolute Gasteiger partial charge is 0.445 e. The fourth-order valence-corrected chi connectivity index (χ4v) is 2.12. The van der Waals surface area contributed by atoms with Crippen LogP contribution in [-0.4, -0.2) is 25.9 Å². The summed E-state index contributed by atoms with van der Waals surface area (Å²) < 4.78 is 62.8. The molecular formula is C19H17F4NO4. The van der Waals surface area contributed by atoms with Gasteiger partial charge in [-0.1, -0.05) is 48.6 Å². The highest BCUT2D eigenvalue weighted by Crippen LogP contribution is 2.31. The maximum absolute atomic E-state index is 12.4. The Bertz CT molecular complexity index is 785. The van der Waals surface area contributed by atoms with Crippen LogP contribution in [0.15, 0.2) is 54.6 Å². The Morgan fingerprint density at radius 2 is 1.64 bits per heavy atom. The summed E-state index contributed by atoms with van der Waals surface area (Å²) >= 11 is 0. The maximum atomic E-state index is 12.4. The number of hydrogen-bond acceptors (Lipinski definition) is 4. The van der Waals surface area contributed by atoms with E-state index in [1.807, 2.05) is 30.3 Å². The first-order valence-corrected chi connectivity index (χ1v) is 8.09. The monoisotopic (exact) mass is 399 g/mol. The molecule has 9 heteroatoms. The second-order valence-corrected chi connectivity index (χ2v) is 5.31. The van der Waals surface area contributed by atoms with E-state index in [-0.39, 0.29) is 13.2 Å². The quantitative estimate of drug-likeness (QED) is 0.614. The molecule has 5 nitrogen and oxygen atoms in total. The second-order valence-electron chi connectivity index (χ2n) is 5.31. The number of benzene rings is 2. The lowest BCUT2D eigenvalue weighted by Gasteiger charge is -2.12. The molecule has 0 aromatic heterocycles. The molecule has 2 aromatic rings. The van der Waals surface area contributed by atoms with Crippen molar-refractivity contribution in [3.63, 3.8) is 0 Å². The fourth-order valence-electron chi connectivity index (χ4n) is 2.12. The number of ether oxygens (including phenoxy) is 3. The first-order chi connectivity index (χ1) is 13.4. The average Bonchev–Trinajstić information content (AvgIpc) is 2.65. The number of alkyl halides is 4. The molecule has 1 amide bonds. The van der Waals surface area contributed by atoms with Gasteiger partial charge in [0.25, 0.3) is 0 Å². The van der Waals surface area contributed by atoms with E-state index in [1.165, 1.54) is 18.2 Å². The third kappa shape index (κ3) is 7.56. The molecule has 0 atom stereocenters. The van der Waals surface area contributed by atoms with Gasteiger partial charge in [0.15, 0.2) is 11.5 Å². The minimum Gasteiger partial charge on any atom is -0.445 e. The summed E-state index contributed by atoms with van der Waals surface area (Å²) in [5, 5.41) is 2.48. The van der Waals surface area contributed by atoms with Gasteiger partial charge in [-0.25, -0.2) is 4.79 Å². The Morgan fingerprint density at radius 3 is 2.32 bits per heavy atom. The number of alkyl carbamates (subject to hydrolysis) is 1. The minimum absolute atomic E-state index is 0.105. The van der Waals surface area contributed by atoms with Gasteiger partial charge in [0.1, 0.15) is 6.61 Å². The minimum atomic E-state index is -3.19. The van der Waals surface area contributed by atoms with Crippen LogP contribution in [0.3, 0.4) is 0 Å². The summed E-state index contributed by atoms with van der Waals surface area (Å²) in [6.45, 7) is -6.14. The van der Waals surface area contributed by atoms with Crippen molar-refractivity contribution < 1.29 is 36.6 Å². The van der Waals surface area contributed by atoms with Crippen molar-refractivity contribution >= 4 is 12.2 Å². The molecule has 0 saturated heterocycles. The molecule has 0 aliphatic carbocycles. The second kappa shape index (κ2) is 10.8. The smallest absolute Gasteiger partial charge is 0.407 e. The highest BCUT2D eigenvalue weighted by molar-refractivity contribution is 5.67. The van der Waals surface area contributed by atoms with E-state index in [9.17, 15) is 22.4 Å². The summed E-state index contributed by atoms with van der Waals surface area (Å²) in [4.78, 5) is 11.6. The van der Waals surface area contributed by atoms with Crippen LogP contribution < -0.4 is 14.8 Å². The van der Waals surface area contributed by atoms with Crippen LogP contribution in [0.4, 0.5) is 22.4 Å². The predicted molar refractivity (Wildman–Crippen MR) is 93.4 cm³/mol. The van der Waals surface area contributed by atoms with E-state index in [1.54, 1.807) is 0 Å². The normalized spacial score (nSPS) is 11.1. The van der Waals surface area contributed by atoms with E-state index < -0.39 is 30.8 Å². The van der Waals surface area contributed by atoms with Crippen molar-refractivity contribution in [1.29, 1.82) is 0 Å². The first kappa shape index (κ1) is 21.1. The number of rotatable bonds is 9. The molecule has 0 aliphatic rings. The number of carbonyl (C=O) groups is 1. The van der Waals surface area contributed by atoms with Gasteiger partial charge in [-0.15, -0.1) is 0 Å². The topological polar surface area (TPSA) is 56.8 Å². The van der Waals surface area contributed by atoms with Gasteiger partial charge in [0.2, 0.25) is 0 Å². The van der Waals surface area contributed by atoms with Crippen LogP contribution in [0.1, 0.15) is 11.1 Å². The summed E-state index contributed by atoms with van der Waals surface area (Å²) in [7, 11) is 0. The van der Waals surface area contributed by atoms with Crippen molar-refractivity contribution in [3.05, 3.63) is 65.7 Å². The van der Waals surface area contributed by atoms with Crippen LogP contribution in [0.25, 0.3) is 6.08 Å². The van der Waals surface area contributed by atoms with Crippen molar-refractivity contribution in [2.75, 3.05) is 6.54 Å². The van der Waals surface area contributed by atoms with Gasteiger partial charge in [0.05, 0.1) is 0 Å². The number of nitrogens with one attached hydrogen (secondary N) is 1. The Kier molecular flexibility index (Phi) is 8.13. The van der Waals surface area contributed by atoms with E-state index in [2.05, 4.69) is 14.8 Å². The van der Waals surface area contributed by atoms with Gasteiger partial charge < -0.3 is 19.5 Å². The van der Waals surface area contributed by atoms with Crippen LogP contribution in [0.2, 0.25) is 0 Å². The zero-order valence-electron chi connectivity index (χ0n) is 14.5. The van der Waals surface area contributed by atoms with E-state index in [0.29, 0.717) is 5.56 Å². The molecule has 0 fully saturated rings. The number of carbonyl (C=O) groups excluding carboxylic acids is 1. The molecule has 2 aromatic carbocycles. The predicted octanol–water partition coefficient (Wildman–Crippen LogP) is 4.83. The SMILES string of the molecule is O=C(NCC=Cc1ccc(OC(F)F)c(OC(F)F)c1)OCc1ccccc1. The van der Waals surface area contributed by atoms with Gasteiger partial charge >= 0.3 is 19.3 Å². The number of halogens is 4. The lowest BCUT2D eigenvalue weighted by Crippen LogP contribution is -2.24. The Morgan fingerprint density at radius 1 is 0.964 bits per heavy atom. The van der Waals surface area contributed by atoms with Gasteiger partial charge in [-0.05, 0) is 23.3 Å². The van der Waals surface area contributed by atoms with Crippen LogP contribution in [0.5, 0.6) is 11.5 Å². The molecule has 0 saturated carbocycles. The third-order valence-corrected chi connectivity index (χ3v) is 3.29. The molecule has 2 rings (SSSR count). The lowest BCUT2D eigenvalue weighted by molar-refractivity contribution is -0.0692. The zero-order chi connectivity index (χ0) is 20.4. The third-order valence-electron chi connectivity index (χ3n) is 3.29. The number of amides is 1. The maximum Gasteiger partial charge on any atom is 0.407 e. The molecule has 0 heterocycles. The number of hydrogen-bond donors (Lipinski definition) is 1. The summed E-state index contributed by atoms with van der Waals surface area (Å²) in [6.07, 6.45) is 2.39. The molecule has 1 N–H and O–H groups in total. The highest BCUT2D eigenvalue weighted by atomic mass is 19.3. The molecular weight excluding hydrogens is 382 g/mol. The van der Waals surface area contributed by atoms with Crippen molar-refractivity contribution in [2.45, 2.75) is 19.8 Å². The van der Waals surface area contributed by atoms with E-state index in [4.69, 9.17) is 4.74 Å². The van der Waals surface area contributed by atoms with Crippen molar-refractivity contribution in [2.24, 2.45) is 0 Å². The summed E-state index contributed by atoms with van der Waals surface area (Å²) in [6, 6.07) is 12.7. The molecule has 0 spiro atoms. The van der Waals surface area contributed by atoms with Gasteiger partial charge in [-0.3, -0.25) is 0 Å². The molecule has 28 heavy (non-hydrogen) atoms.